The van der Waals surface area contributed by atoms with E-state index in [2.05, 4.69) is 10.3 Å². The van der Waals surface area contributed by atoms with Crippen LogP contribution in [0.15, 0.2) is 30.6 Å². The number of rotatable bonds is 10. The number of aromatic nitrogens is 1. The summed E-state index contributed by atoms with van der Waals surface area (Å²) in [6.45, 7) is 2.33. The highest BCUT2D eigenvalue weighted by molar-refractivity contribution is 5.91. The second-order valence-electron chi connectivity index (χ2n) is 5.13. The van der Waals surface area contributed by atoms with E-state index in [9.17, 15) is 9.59 Å². The van der Waals surface area contributed by atoms with Crippen molar-refractivity contribution >= 4 is 17.8 Å². The highest BCUT2D eigenvalue weighted by Crippen LogP contribution is 2.05. The van der Waals surface area contributed by atoms with Crippen molar-refractivity contribution in [1.29, 1.82) is 0 Å². The number of ketones is 1. The summed E-state index contributed by atoms with van der Waals surface area (Å²) in [5.41, 5.74) is 0.915. The van der Waals surface area contributed by atoms with Crippen LogP contribution in [0.2, 0.25) is 0 Å². The van der Waals surface area contributed by atoms with E-state index in [1.54, 1.807) is 25.4 Å². The molecule has 0 atom stereocenters. The summed E-state index contributed by atoms with van der Waals surface area (Å²) in [4.78, 5) is 26.3. The minimum absolute atomic E-state index is 0.0737. The van der Waals surface area contributed by atoms with Crippen LogP contribution in [0.25, 0.3) is 6.08 Å². The summed E-state index contributed by atoms with van der Waals surface area (Å²) in [5, 5.41) is 2.86. The molecule has 1 amide bonds. The first-order valence-electron chi connectivity index (χ1n) is 7.54. The van der Waals surface area contributed by atoms with Crippen molar-refractivity contribution in [3.8, 4) is 0 Å². The monoisotopic (exact) mass is 288 g/mol. The number of carbonyl (C=O) groups is 2. The Morgan fingerprint density at radius 3 is 2.67 bits per heavy atom. The third-order valence-electron chi connectivity index (χ3n) is 3.12. The summed E-state index contributed by atoms with van der Waals surface area (Å²) in [6, 6.07) is 3.74. The van der Waals surface area contributed by atoms with E-state index in [4.69, 9.17) is 0 Å². The quantitative estimate of drug-likeness (QED) is 0.531. The van der Waals surface area contributed by atoms with Crippen LogP contribution in [0.4, 0.5) is 0 Å². The molecule has 1 N–H and O–H groups in total. The number of carbonyl (C=O) groups excluding carboxylic acids is 2. The van der Waals surface area contributed by atoms with Gasteiger partial charge in [-0.15, -0.1) is 0 Å². The van der Waals surface area contributed by atoms with Gasteiger partial charge in [0, 0.05) is 31.4 Å². The van der Waals surface area contributed by atoms with E-state index in [-0.39, 0.29) is 11.7 Å². The Morgan fingerprint density at radius 2 is 1.95 bits per heavy atom. The van der Waals surface area contributed by atoms with Crippen LogP contribution in [-0.2, 0) is 9.59 Å². The van der Waals surface area contributed by atoms with E-state index in [1.807, 2.05) is 12.1 Å². The van der Waals surface area contributed by atoms with Crippen LogP contribution in [0.1, 0.15) is 51.0 Å². The summed E-state index contributed by atoms with van der Waals surface area (Å²) in [7, 11) is 0. The maximum Gasteiger partial charge on any atom is 0.243 e. The van der Waals surface area contributed by atoms with Gasteiger partial charge >= 0.3 is 0 Å². The molecule has 0 aliphatic heterocycles. The highest BCUT2D eigenvalue weighted by atomic mass is 16.1. The van der Waals surface area contributed by atoms with Crippen molar-refractivity contribution in [3.63, 3.8) is 0 Å². The molecule has 0 unspecified atom stereocenters. The lowest BCUT2D eigenvalue weighted by Gasteiger charge is -2.02. The van der Waals surface area contributed by atoms with Crippen LogP contribution < -0.4 is 5.32 Å². The SMILES string of the molecule is CC(=O)CCCCCCCNC(=O)/C=C/c1cccnc1. The van der Waals surface area contributed by atoms with Gasteiger partial charge in [-0.05, 0) is 37.5 Å². The Balaban J connectivity index is 2.01. The molecule has 4 nitrogen and oxygen atoms in total. The summed E-state index contributed by atoms with van der Waals surface area (Å²) in [6.07, 6.45) is 12.7. The summed E-state index contributed by atoms with van der Waals surface area (Å²) >= 11 is 0. The second kappa shape index (κ2) is 10.8. The Labute approximate surface area is 126 Å². The molecule has 1 aromatic heterocycles. The van der Waals surface area contributed by atoms with Gasteiger partial charge in [-0.1, -0.05) is 25.3 Å². The van der Waals surface area contributed by atoms with Gasteiger partial charge in [-0.2, -0.15) is 0 Å². The minimum Gasteiger partial charge on any atom is -0.353 e. The van der Waals surface area contributed by atoms with Crippen molar-refractivity contribution in [2.75, 3.05) is 6.54 Å². The zero-order valence-corrected chi connectivity index (χ0v) is 12.7. The van der Waals surface area contributed by atoms with Crippen LogP contribution in [0.3, 0.4) is 0 Å². The zero-order valence-electron chi connectivity index (χ0n) is 12.7. The van der Waals surface area contributed by atoms with Crippen LogP contribution in [0, 0.1) is 0 Å². The lowest BCUT2D eigenvalue weighted by molar-refractivity contribution is -0.117. The lowest BCUT2D eigenvalue weighted by atomic mass is 10.1. The topological polar surface area (TPSA) is 59.1 Å². The Morgan fingerprint density at radius 1 is 1.19 bits per heavy atom. The predicted octanol–water partition coefficient (Wildman–Crippen LogP) is 3.14. The number of nitrogens with one attached hydrogen (secondary N) is 1. The molecular formula is C17H24N2O2. The second-order valence-corrected chi connectivity index (χ2v) is 5.13. The molecule has 4 heteroatoms. The van der Waals surface area contributed by atoms with Crippen molar-refractivity contribution < 1.29 is 9.59 Å². The first-order valence-corrected chi connectivity index (χ1v) is 7.54. The molecule has 0 spiro atoms. The Bertz CT molecular complexity index is 455. The fourth-order valence-corrected chi connectivity index (χ4v) is 1.95. The number of hydrogen-bond acceptors (Lipinski definition) is 3. The number of nitrogens with zero attached hydrogens (tertiary/aromatic N) is 1. The number of unbranched alkanes of at least 4 members (excludes halogenated alkanes) is 4. The smallest absolute Gasteiger partial charge is 0.243 e. The molecule has 1 heterocycles. The van der Waals surface area contributed by atoms with Crippen LogP contribution in [-0.4, -0.2) is 23.2 Å². The molecule has 0 fully saturated rings. The fourth-order valence-electron chi connectivity index (χ4n) is 1.95. The number of pyridine rings is 1. The van der Waals surface area contributed by atoms with Crippen LogP contribution in [0.5, 0.6) is 0 Å². The fraction of sp³-hybridized carbons (Fsp3) is 0.471. The van der Waals surface area contributed by atoms with Gasteiger partial charge in [0.15, 0.2) is 0 Å². The maximum atomic E-state index is 11.6. The highest BCUT2D eigenvalue weighted by Gasteiger charge is 1.96. The molecule has 0 saturated carbocycles. The molecule has 0 saturated heterocycles. The molecule has 0 aliphatic rings. The van der Waals surface area contributed by atoms with E-state index < -0.39 is 0 Å². The number of Topliss-reactive ketones (excluding diaryl/α,β-unsaturated/α-hetero) is 1. The van der Waals surface area contributed by atoms with E-state index in [0.29, 0.717) is 13.0 Å². The molecule has 0 aromatic carbocycles. The van der Waals surface area contributed by atoms with E-state index in [1.165, 1.54) is 6.08 Å². The molecule has 1 rings (SSSR count). The molecule has 0 aliphatic carbocycles. The van der Waals surface area contributed by atoms with Crippen molar-refractivity contribution in [1.82, 2.24) is 10.3 Å². The summed E-state index contributed by atoms with van der Waals surface area (Å²) < 4.78 is 0. The first-order chi connectivity index (χ1) is 10.2. The number of hydrogen-bond donors (Lipinski definition) is 1. The average Bonchev–Trinajstić information content (AvgIpc) is 2.48. The molecule has 0 radical (unpaired) electrons. The first kappa shape index (κ1) is 17.1. The standard InChI is InChI=1S/C17H24N2O2/c1-15(20)8-5-3-2-4-6-13-19-17(21)11-10-16-9-7-12-18-14-16/h7,9-12,14H,2-6,8,13H2,1H3,(H,19,21)/b11-10+. The zero-order chi connectivity index (χ0) is 15.3. The summed E-state index contributed by atoms with van der Waals surface area (Å²) in [5.74, 6) is 0.193. The minimum atomic E-state index is -0.0737. The predicted molar refractivity (Wildman–Crippen MR) is 84.7 cm³/mol. The maximum absolute atomic E-state index is 11.6. The van der Waals surface area contributed by atoms with E-state index >= 15 is 0 Å². The normalized spacial score (nSPS) is 10.7. The molecular weight excluding hydrogens is 264 g/mol. The largest absolute Gasteiger partial charge is 0.353 e. The molecule has 0 bridgehead atoms. The molecule has 1 aromatic rings. The van der Waals surface area contributed by atoms with Gasteiger partial charge in [0.25, 0.3) is 0 Å². The van der Waals surface area contributed by atoms with Gasteiger partial charge in [0.2, 0.25) is 5.91 Å². The van der Waals surface area contributed by atoms with Gasteiger partial charge in [0.05, 0.1) is 0 Å². The Kier molecular flexibility index (Phi) is 8.76. The lowest BCUT2D eigenvalue weighted by Crippen LogP contribution is -2.21. The van der Waals surface area contributed by atoms with Crippen molar-refractivity contribution in [2.24, 2.45) is 0 Å². The van der Waals surface area contributed by atoms with E-state index in [0.717, 1.165) is 37.7 Å². The van der Waals surface area contributed by atoms with Gasteiger partial charge in [-0.3, -0.25) is 9.78 Å². The van der Waals surface area contributed by atoms with Crippen molar-refractivity contribution in [3.05, 3.63) is 36.2 Å². The third kappa shape index (κ3) is 9.55. The van der Waals surface area contributed by atoms with Gasteiger partial charge < -0.3 is 10.1 Å². The Hall–Kier alpha value is -1.97. The third-order valence-corrected chi connectivity index (χ3v) is 3.12. The van der Waals surface area contributed by atoms with Gasteiger partial charge in [0.1, 0.15) is 5.78 Å². The van der Waals surface area contributed by atoms with Gasteiger partial charge in [-0.25, -0.2) is 0 Å². The van der Waals surface area contributed by atoms with Crippen LogP contribution >= 0.6 is 0 Å². The average molecular weight is 288 g/mol. The number of amides is 1. The molecule has 114 valence electrons. The van der Waals surface area contributed by atoms with Crippen molar-refractivity contribution in [2.45, 2.75) is 45.4 Å². The molecule has 21 heavy (non-hydrogen) atoms.